The van der Waals surface area contributed by atoms with Crippen LogP contribution in [0.2, 0.25) is 5.02 Å². The van der Waals surface area contributed by atoms with Gasteiger partial charge in [-0.2, -0.15) is 0 Å². The summed E-state index contributed by atoms with van der Waals surface area (Å²) in [6.07, 6.45) is -4.88. The zero-order valence-corrected chi connectivity index (χ0v) is 15.8. The third kappa shape index (κ3) is 8.17. The monoisotopic (exact) mass is 422 g/mol. The van der Waals surface area contributed by atoms with Crippen LogP contribution in [0.1, 0.15) is 34.6 Å². The summed E-state index contributed by atoms with van der Waals surface area (Å²) >= 11 is 5.69. The predicted octanol–water partition coefficient (Wildman–Crippen LogP) is 5.36. The molecule has 0 atom stereocenters. The number of hydrogen-bond acceptors (Lipinski definition) is 4. The average molecular weight is 423 g/mol. The Hall–Kier alpha value is -2.94. The highest BCUT2D eigenvalue weighted by Crippen LogP contribution is 2.28. The van der Waals surface area contributed by atoms with Crippen LogP contribution in [0.5, 0.6) is 11.5 Å². The predicted molar refractivity (Wildman–Crippen MR) is 96.4 cm³/mol. The minimum Gasteiger partial charge on any atom is -0.494 e. The topological polar surface area (TPSA) is 93.1 Å². The summed E-state index contributed by atoms with van der Waals surface area (Å²) in [5.74, 6) is -3.03. The van der Waals surface area contributed by atoms with Crippen LogP contribution in [0.3, 0.4) is 0 Å². The number of benzene rings is 2. The molecule has 10 heteroatoms. The normalized spacial score (nSPS) is 9.82. The standard InChI is InChI=1S/C8H7ClO3.C8H5F3O3.C2H6/c1-12-7-5(8(10)11)3-2-4-6(7)9;9-8(10,11)14-6-4-2-1-3-5(6)7(12)13;1-2/h2-4H,1H3,(H,10,11);1-4H,(H,12,13);1-2H3. The lowest BCUT2D eigenvalue weighted by molar-refractivity contribution is -0.274. The van der Waals surface area contributed by atoms with Crippen molar-refractivity contribution >= 4 is 23.5 Å². The second-order valence-corrected chi connectivity index (χ2v) is 4.88. The van der Waals surface area contributed by atoms with Crippen LogP contribution >= 0.6 is 11.6 Å². The highest BCUT2D eigenvalue weighted by atomic mass is 35.5. The van der Waals surface area contributed by atoms with E-state index in [1.165, 1.54) is 25.3 Å². The molecule has 2 aromatic carbocycles. The molecule has 6 nitrogen and oxygen atoms in total. The van der Waals surface area contributed by atoms with Crippen molar-refractivity contribution in [3.8, 4) is 11.5 Å². The van der Waals surface area contributed by atoms with E-state index < -0.39 is 29.6 Å². The van der Waals surface area contributed by atoms with Crippen LogP contribution in [0.15, 0.2) is 42.5 Å². The third-order valence-electron chi connectivity index (χ3n) is 2.74. The number of halogens is 4. The SMILES string of the molecule is CC.COc1c(Cl)cccc1C(=O)O.O=C(O)c1ccccc1OC(F)(F)F. The van der Waals surface area contributed by atoms with Crippen molar-refractivity contribution in [1.29, 1.82) is 0 Å². The summed E-state index contributed by atoms with van der Waals surface area (Å²) in [7, 11) is 1.38. The van der Waals surface area contributed by atoms with Crippen LogP contribution in [-0.2, 0) is 0 Å². The molecule has 0 aliphatic rings. The van der Waals surface area contributed by atoms with Gasteiger partial charge in [0.2, 0.25) is 0 Å². The summed E-state index contributed by atoms with van der Waals surface area (Å²) < 4.78 is 43.6. The van der Waals surface area contributed by atoms with E-state index in [-0.39, 0.29) is 11.3 Å². The molecule has 2 rings (SSSR count). The first kappa shape index (κ1) is 25.1. The molecule has 2 N–H and O–H groups in total. The second-order valence-electron chi connectivity index (χ2n) is 4.47. The van der Waals surface area contributed by atoms with E-state index >= 15 is 0 Å². The molecular weight excluding hydrogens is 405 g/mol. The van der Waals surface area contributed by atoms with E-state index in [4.69, 9.17) is 26.6 Å². The van der Waals surface area contributed by atoms with Crippen LogP contribution in [0, 0.1) is 0 Å². The number of ether oxygens (including phenoxy) is 2. The van der Waals surface area contributed by atoms with E-state index in [9.17, 15) is 22.8 Å². The number of hydrogen-bond donors (Lipinski definition) is 2. The summed E-state index contributed by atoms with van der Waals surface area (Å²) in [5.41, 5.74) is -0.449. The number of carbonyl (C=O) groups is 2. The van der Waals surface area contributed by atoms with Gasteiger partial charge < -0.3 is 19.7 Å². The third-order valence-corrected chi connectivity index (χ3v) is 3.04. The quantitative estimate of drug-likeness (QED) is 0.689. The van der Waals surface area contributed by atoms with E-state index in [0.717, 1.165) is 12.1 Å². The Kier molecular flexibility index (Phi) is 10.5. The van der Waals surface area contributed by atoms with Crippen molar-refractivity contribution in [2.45, 2.75) is 20.2 Å². The average Bonchev–Trinajstić information content (AvgIpc) is 2.62. The Bertz CT molecular complexity index is 793. The van der Waals surface area contributed by atoms with Gasteiger partial charge in [0.15, 0.2) is 5.75 Å². The van der Waals surface area contributed by atoms with Crippen molar-refractivity contribution in [2.75, 3.05) is 7.11 Å². The summed E-state index contributed by atoms with van der Waals surface area (Å²) in [6, 6.07) is 9.12. The van der Waals surface area contributed by atoms with E-state index in [1.54, 1.807) is 12.1 Å². The fraction of sp³-hybridized carbons (Fsp3) is 0.222. The fourth-order valence-corrected chi connectivity index (χ4v) is 1.99. The van der Waals surface area contributed by atoms with Crippen molar-refractivity contribution in [3.63, 3.8) is 0 Å². The lowest BCUT2D eigenvalue weighted by atomic mass is 10.2. The van der Waals surface area contributed by atoms with Gasteiger partial charge in [-0.1, -0.05) is 43.6 Å². The van der Waals surface area contributed by atoms with E-state index in [0.29, 0.717) is 5.02 Å². The molecular formula is C18H18ClF3O6. The zero-order valence-electron chi connectivity index (χ0n) is 15.1. The molecule has 0 unspecified atom stereocenters. The number of rotatable bonds is 4. The van der Waals surface area contributed by atoms with Gasteiger partial charge in [0.1, 0.15) is 16.9 Å². The molecule has 0 saturated carbocycles. The lowest BCUT2D eigenvalue weighted by Crippen LogP contribution is -2.18. The molecule has 0 fully saturated rings. The molecule has 154 valence electrons. The van der Waals surface area contributed by atoms with Gasteiger partial charge in [-0.3, -0.25) is 0 Å². The van der Waals surface area contributed by atoms with Crippen molar-refractivity contribution < 1.29 is 42.4 Å². The Morgan fingerprint density at radius 3 is 1.86 bits per heavy atom. The maximum absolute atomic E-state index is 11.8. The molecule has 0 aliphatic carbocycles. The van der Waals surface area contributed by atoms with E-state index in [2.05, 4.69) is 4.74 Å². The number of carboxylic acids is 2. The van der Waals surface area contributed by atoms with Gasteiger partial charge in [0.05, 0.1) is 12.1 Å². The molecule has 28 heavy (non-hydrogen) atoms. The second kappa shape index (κ2) is 11.7. The number of alkyl halides is 3. The minimum atomic E-state index is -4.88. The molecule has 0 heterocycles. The Labute approximate surface area is 164 Å². The van der Waals surface area contributed by atoms with Crippen molar-refractivity contribution in [2.24, 2.45) is 0 Å². The van der Waals surface area contributed by atoms with Gasteiger partial charge in [-0.15, -0.1) is 13.2 Å². The maximum atomic E-state index is 11.8. The number of carboxylic acid groups (broad SMARTS) is 2. The number of para-hydroxylation sites is 2. The van der Waals surface area contributed by atoms with Gasteiger partial charge in [0.25, 0.3) is 0 Å². The molecule has 0 saturated heterocycles. The molecule has 0 aromatic heterocycles. The first-order chi connectivity index (χ1) is 13.1. The van der Waals surface area contributed by atoms with Gasteiger partial charge in [0, 0.05) is 0 Å². The Morgan fingerprint density at radius 2 is 1.43 bits per heavy atom. The Balaban J connectivity index is 0.000000483. The molecule has 0 amide bonds. The Morgan fingerprint density at radius 1 is 0.929 bits per heavy atom. The first-order valence-corrected chi connectivity index (χ1v) is 8.08. The number of methoxy groups -OCH3 is 1. The zero-order chi connectivity index (χ0) is 21.9. The summed E-state index contributed by atoms with van der Waals surface area (Å²) in [5, 5.41) is 17.5. The van der Waals surface area contributed by atoms with Crippen LogP contribution in [-0.4, -0.2) is 35.6 Å². The van der Waals surface area contributed by atoms with Gasteiger partial charge in [-0.25, -0.2) is 9.59 Å². The van der Waals surface area contributed by atoms with Crippen LogP contribution < -0.4 is 9.47 Å². The summed E-state index contributed by atoms with van der Waals surface area (Å²) in [6.45, 7) is 4.00. The lowest BCUT2D eigenvalue weighted by Gasteiger charge is -2.10. The molecule has 0 radical (unpaired) electrons. The largest absolute Gasteiger partial charge is 0.573 e. The molecule has 2 aromatic rings. The minimum absolute atomic E-state index is 0.0741. The van der Waals surface area contributed by atoms with Crippen molar-refractivity contribution in [1.82, 2.24) is 0 Å². The smallest absolute Gasteiger partial charge is 0.494 e. The molecule has 0 spiro atoms. The van der Waals surface area contributed by atoms with E-state index in [1.807, 2.05) is 13.8 Å². The highest BCUT2D eigenvalue weighted by Gasteiger charge is 2.32. The maximum Gasteiger partial charge on any atom is 0.573 e. The van der Waals surface area contributed by atoms with Crippen molar-refractivity contribution in [3.05, 3.63) is 58.6 Å². The van der Waals surface area contributed by atoms with Crippen LogP contribution in [0.4, 0.5) is 13.2 Å². The van der Waals surface area contributed by atoms with Gasteiger partial charge >= 0.3 is 18.3 Å². The molecule has 0 aliphatic heterocycles. The fourth-order valence-electron chi connectivity index (χ4n) is 1.74. The van der Waals surface area contributed by atoms with Gasteiger partial charge in [-0.05, 0) is 24.3 Å². The molecule has 0 bridgehead atoms. The summed E-state index contributed by atoms with van der Waals surface area (Å²) in [4.78, 5) is 21.1. The van der Waals surface area contributed by atoms with Crippen LogP contribution in [0.25, 0.3) is 0 Å². The number of aromatic carboxylic acids is 2. The first-order valence-electron chi connectivity index (χ1n) is 7.70. The highest BCUT2D eigenvalue weighted by molar-refractivity contribution is 6.32.